The van der Waals surface area contributed by atoms with Crippen molar-refractivity contribution in [2.24, 2.45) is 5.41 Å². The lowest BCUT2D eigenvalue weighted by Gasteiger charge is -2.37. The minimum absolute atomic E-state index is 0.338. The molecule has 0 radical (unpaired) electrons. The van der Waals surface area contributed by atoms with Gasteiger partial charge in [0.2, 0.25) is 0 Å². The lowest BCUT2D eigenvalue weighted by atomic mass is 9.76. The molecule has 2 heterocycles. The second-order valence-corrected chi connectivity index (χ2v) is 5.62. The smallest absolute Gasteiger partial charge is 0.0624 e. The van der Waals surface area contributed by atoms with Gasteiger partial charge in [-0.25, -0.2) is 0 Å². The minimum Gasteiger partial charge on any atom is -0.381 e. The molecule has 0 spiro atoms. The van der Waals surface area contributed by atoms with Crippen LogP contribution in [0.1, 0.15) is 38.1 Å². The maximum absolute atomic E-state index is 5.54. The Bertz CT molecular complexity index is 389. The van der Waals surface area contributed by atoms with Gasteiger partial charge in [0.15, 0.2) is 0 Å². The molecule has 1 saturated heterocycles. The lowest BCUT2D eigenvalue weighted by Crippen LogP contribution is -2.40. The van der Waals surface area contributed by atoms with Crippen molar-refractivity contribution in [1.82, 2.24) is 15.1 Å². The molecule has 0 aliphatic carbocycles. The number of nitrogens with one attached hydrogen (secondary N) is 1. The molecule has 4 nitrogen and oxygen atoms in total. The van der Waals surface area contributed by atoms with Gasteiger partial charge >= 0.3 is 0 Å². The Morgan fingerprint density at radius 3 is 2.68 bits per heavy atom. The van der Waals surface area contributed by atoms with E-state index in [-0.39, 0.29) is 0 Å². The Labute approximate surface area is 116 Å². The number of aryl methyl sites for hydroxylation is 2. The van der Waals surface area contributed by atoms with Crippen molar-refractivity contribution in [3.05, 3.63) is 17.5 Å². The van der Waals surface area contributed by atoms with E-state index in [0.29, 0.717) is 5.41 Å². The van der Waals surface area contributed by atoms with E-state index in [0.717, 1.165) is 52.0 Å². The predicted molar refractivity (Wildman–Crippen MR) is 77.4 cm³/mol. The Kier molecular flexibility index (Phi) is 4.99. The summed E-state index contributed by atoms with van der Waals surface area (Å²) in [6, 6.07) is 2.29. The summed E-state index contributed by atoms with van der Waals surface area (Å²) in [5, 5.41) is 8.04. The van der Waals surface area contributed by atoms with Crippen molar-refractivity contribution in [1.29, 1.82) is 0 Å². The largest absolute Gasteiger partial charge is 0.381 e. The van der Waals surface area contributed by atoms with Crippen molar-refractivity contribution >= 4 is 0 Å². The van der Waals surface area contributed by atoms with Gasteiger partial charge < -0.3 is 10.1 Å². The summed E-state index contributed by atoms with van der Waals surface area (Å²) >= 11 is 0. The Morgan fingerprint density at radius 1 is 1.37 bits per heavy atom. The van der Waals surface area contributed by atoms with Crippen LogP contribution < -0.4 is 5.32 Å². The van der Waals surface area contributed by atoms with Gasteiger partial charge in [-0.2, -0.15) is 5.10 Å². The Hall–Kier alpha value is -0.870. The fourth-order valence-corrected chi connectivity index (χ4v) is 3.08. The van der Waals surface area contributed by atoms with Crippen LogP contribution in [-0.4, -0.2) is 36.6 Å². The van der Waals surface area contributed by atoms with Crippen molar-refractivity contribution in [2.45, 2.75) is 46.1 Å². The van der Waals surface area contributed by atoms with Gasteiger partial charge in [-0.05, 0) is 51.1 Å². The summed E-state index contributed by atoms with van der Waals surface area (Å²) in [7, 11) is 2.05. The van der Waals surface area contributed by atoms with Crippen molar-refractivity contribution in [2.75, 3.05) is 26.8 Å². The first kappa shape index (κ1) is 14.5. The summed E-state index contributed by atoms with van der Waals surface area (Å²) < 4.78 is 7.71. The molecule has 19 heavy (non-hydrogen) atoms. The van der Waals surface area contributed by atoms with E-state index in [9.17, 15) is 0 Å². The second-order valence-electron chi connectivity index (χ2n) is 5.62. The number of aromatic nitrogens is 2. The molecule has 1 aliphatic heterocycles. The van der Waals surface area contributed by atoms with Crippen LogP contribution in [0.2, 0.25) is 0 Å². The quantitative estimate of drug-likeness (QED) is 0.855. The lowest BCUT2D eigenvalue weighted by molar-refractivity contribution is 0.0149. The van der Waals surface area contributed by atoms with Gasteiger partial charge in [-0.1, -0.05) is 6.92 Å². The number of rotatable bonds is 6. The fraction of sp³-hybridized carbons (Fsp3) is 0.800. The highest BCUT2D eigenvalue weighted by atomic mass is 16.5. The SMILES string of the molecule is CCc1cc(CC2(CNC)CCOCC2)n(CC)n1. The Morgan fingerprint density at radius 2 is 2.11 bits per heavy atom. The number of ether oxygens (including phenoxy) is 1. The van der Waals surface area contributed by atoms with E-state index in [1.54, 1.807) is 0 Å². The van der Waals surface area contributed by atoms with E-state index in [1.165, 1.54) is 11.4 Å². The molecule has 0 atom stereocenters. The van der Waals surface area contributed by atoms with Crippen LogP contribution in [0.3, 0.4) is 0 Å². The molecule has 0 amide bonds. The van der Waals surface area contributed by atoms with E-state index in [1.807, 2.05) is 7.05 Å². The van der Waals surface area contributed by atoms with Crippen LogP contribution >= 0.6 is 0 Å². The number of nitrogens with zero attached hydrogens (tertiary/aromatic N) is 2. The van der Waals surface area contributed by atoms with E-state index < -0.39 is 0 Å². The third-order valence-corrected chi connectivity index (χ3v) is 4.24. The fourth-order valence-electron chi connectivity index (χ4n) is 3.08. The summed E-state index contributed by atoms with van der Waals surface area (Å²) in [5.41, 5.74) is 2.94. The second kappa shape index (κ2) is 6.53. The topological polar surface area (TPSA) is 39.1 Å². The number of hydrogen-bond donors (Lipinski definition) is 1. The molecule has 0 bridgehead atoms. The molecule has 0 aromatic carbocycles. The highest BCUT2D eigenvalue weighted by Gasteiger charge is 2.33. The number of hydrogen-bond acceptors (Lipinski definition) is 3. The molecule has 0 unspecified atom stereocenters. The summed E-state index contributed by atoms with van der Waals surface area (Å²) in [6.45, 7) is 8.15. The van der Waals surface area contributed by atoms with Crippen LogP contribution in [0, 0.1) is 5.41 Å². The first-order chi connectivity index (χ1) is 9.23. The first-order valence-electron chi connectivity index (χ1n) is 7.51. The third kappa shape index (κ3) is 3.37. The van der Waals surface area contributed by atoms with E-state index in [4.69, 9.17) is 4.74 Å². The third-order valence-electron chi connectivity index (χ3n) is 4.24. The van der Waals surface area contributed by atoms with E-state index in [2.05, 4.69) is 35.0 Å². The van der Waals surface area contributed by atoms with Crippen molar-refractivity contribution < 1.29 is 4.74 Å². The molecule has 1 aliphatic rings. The molecule has 0 saturated carbocycles. The zero-order chi connectivity index (χ0) is 13.7. The summed E-state index contributed by atoms with van der Waals surface area (Å²) in [5.74, 6) is 0. The molecule has 2 rings (SSSR count). The van der Waals surface area contributed by atoms with Gasteiger partial charge in [-0.3, -0.25) is 4.68 Å². The first-order valence-corrected chi connectivity index (χ1v) is 7.51. The summed E-state index contributed by atoms with van der Waals surface area (Å²) in [4.78, 5) is 0. The molecular weight excluding hydrogens is 238 g/mol. The van der Waals surface area contributed by atoms with Gasteiger partial charge in [0.25, 0.3) is 0 Å². The van der Waals surface area contributed by atoms with Gasteiger partial charge in [0.1, 0.15) is 0 Å². The van der Waals surface area contributed by atoms with Gasteiger partial charge in [0, 0.05) is 32.0 Å². The zero-order valence-corrected chi connectivity index (χ0v) is 12.5. The maximum Gasteiger partial charge on any atom is 0.0624 e. The average Bonchev–Trinajstić information content (AvgIpc) is 2.82. The van der Waals surface area contributed by atoms with Crippen molar-refractivity contribution in [3.8, 4) is 0 Å². The molecule has 1 aromatic heterocycles. The molecule has 4 heteroatoms. The molecule has 1 aromatic rings. The maximum atomic E-state index is 5.54. The van der Waals surface area contributed by atoms with Crippen LogP contribution in [0.25, 0.3) is 0 Å². The van der Waals surface area contributed by atoms with Gasteiger partial charge in [0.05, 0.1) is 5.69 Å². The summed E-state index contributed by atoms with van der Waals surface area (Å²) in [6.07, 6.45) is 4.41. The molecule has 1 N–H and O–H groups in total. The van der Waals surface area contributed by atoms with E-state index >= 15 is 0 Å². The molecule has 108 valence electrons. The van der Waals surface area contributed by atoms with Gasteiger partial charge in [-0.15, -0.1) is 0 Å². The molecule has 1 fully saturated rings. The monoisotopic (exact) mass is 265 g/mol. The Balaban J connectivity index is 2.18. The minimum atomic E-state index is 0.338. The highest BCUT2D eigenvalue weighted by molar-refractivity contribution is 5.13. The normalized spacial score (nSPS) is 18.7. The van der Waals surface area contributed by atoms with Crippen LogP contribution in [0.15, 0.2) is 6.07 Å². The van der Waals surface area contributed by atoms with Crippen LogP contribution in [-0.2, 0) is 24.1 Å². The van der Waals surface area contributed by atoms with Crippen LogP contribution in [0.4, 0.5) is 0 Å². The zero-order valence-electron chi connectivity index (χ0n) is 12.5. The highest BCUT2D eigenvalue weighted by Crippen LogP contribution is 2.34. The van der Waals surface area contributed by atoms with Crippen LogP contribution in [0.5, 0.6) is 0 Å². The average molecular weight is 265 g/mol. The van der Waals surface area contributed by atoms with Crippen molar-refractivity contribution in [3.63, 3.8) is 0 Å². The predicted octanol–water partition coefficient (Wildman–Crippen LogP) is 2.02. The standard InChI is InChI=1S/C15H27N3O/c1-4-13-10-14(18(5-2)17-13)11-15(12-16-3)6-8-19-9-7-15/h10,16H,4-9,11-12H2,1-3H3. The molecular formula is C15H27N3O.